The van der Waals surface area contributed by atoms with E-state index in [2.05, 4.69) is 25.6 Å². The predicted octanol–water partition coefficient (Wildman–Crippen LogP) is 3.84. The molecule has 4 aromatic rings. The Morgan fingerprint density at radius 1 is 1.00 bits per heavy atom. The van der Waals surface area contributed by atoms with Crippen LogP contribution < -0.4 is 15.6 Å². The van der Waals surface area contributed by atoms with Gasteiger partial charge in [-0.1, -0.05) is 18.2 Å². The molecule has 0 aliphatic rings. The van der Waals surface area contributed by atoms with Gasteiger partial charge < -0.3 is 5.32 Å². The highest BCUT2D eigenvalue weighted by Gasteiger charge is 2.13. The SMILES string of the molecule is Fc1ccc(-c2csc3ncnc(NCCNc4cccc[nH+]4)c23)cc1. The molecule has 3 heterocycles. The van der Waals surface area contributed by atoms with Crippen molar-refractivity contribution in [1.29, 1.82) is 0 Å². The number of H-pyrrole nitrogens is 1. The third-order valence-electron chi connectivity index (χ3n) is 3.97. The Morgan fingerprint density at radius 2 is 1.85 bits per heavy atom. The van der Waals surface area contributed by atoms with Crippen LogP contribution in [0.5, 0.6) is 0 Å². The molecular weight excluding hydrogens is 349 g/mol. The monoisotopic (exact) mass is 366 g/mol. The van der Waals surface area contributed by atoms with Crippen molar-refractivity contribution in [2.45, 2.75) is 0 Å². The van der Waals surface area contributed by atoms with Gasteiger partial charge in [-0.2, -0.15) is 0 Å². The van der Waals surface area contributed by atoms with Gasteiger partial charge in [0.25, 0.3) is 5.82 Å². The Bertz CT molecular complexity index is 1000. The second-order valence-corrected chi connectivity index (χ2v) is 6.55. The molecular formula is C19H17FN5S+. The fourth-order valence-electron chi connectivity index (χ4n) is 2.73. The molecule has 4 rings (SSSR count). The molecule has 0 saturated carbocycles. The van der Waals surface area contributed by atoms with Gasteiger partial charge in [-0.3, -0.25) is 5.32 Å². The molecule has 7 heteroatoms. The number of rotatable bonds is 6. The Hall–Kier alpha value is -3.06. The van der Waals surface area contributed by atoms with E-state index in [9.17, 15) is 4.39 Å². The first-order valence-electron chi connectivity index (χ1n) is 8.24. The van der Waals surface area contributed by atoms with Crippen molar-refractivity contribution in [1.82, 2.24) is 9.97 Å². The van der Waals surface area contributed by atoms with Crippen LogP contribution in [0.2, 0.25) is 0 Å². The van der Waals surface area contributed by atoms with Gasteiger partial charge in [0.2, 0.25) is 0 Å². The van der Waals surface area contributed by atoms with Gasteiger partial charge in [0.05, 0.1) is 18.1 Å². The summed E-state index contributed by atoms with van der Waals surface area (Å²) in [6, 6.07) is 12.4. The van der Waals surface area contributed by atoms with E-state index in [0.29, 0.717) is 6.54 Å². The van der Waals surface area contributed by atoms with Crippen LogP contribution in [0.1, 0.15) is 0 Å². The van der Waals surface area contributed by atoms with Crippen LogP contribution in [-0.2, 0) is 0 Å². The molecule has 0 saturated heterocycles. The lowest BCUT2D eigenvalue weighted by Crippen LogP contribution is -2.19. The minimum atomic E-state index is -0.244. The average Bonchev–Trinajstić information content (AvgIpc) is 3.12. The number of hydrogen-bond donors (Lipinski definition) is 2. The van der Waals surface area contributed by atoms with Crippen LogP contribution in [0, 0.1) is 5.82 Å². The predicted molar refractivity (Wildman–Crippen MR) is 103 cm³/mol. The van der Waals surface area contributed by atoms with Crippen LogP contribution in [0.3, 0.4) is 0 Å². The van der Waals surface area contributed by atoms with Crippen molar-refractivity contribution in [3.05, 3.63) is 66.2 Å². The van der Waals surface area contributed by atoms with E-state index >= 15 is 0 Å². The number of benzene rings is 1. The van der Waals surface area contributed by atoms with Gasteiger partial charge in [-0.25, -0.2) is 19.3 Å². The minimum Gasteiger partial charge on any atom is -0.365 e. The summed E-state index contributed by atoms with van der Waals surface area (Å²) in [7, 11) is 0. The van der Waals surface area contributed by atoms with Crippen molar-refractivity contribution in [3.8, 4) is 11.1 Å². The lowest BCUT2D eigenvalue weighted by molar-refractivity contribution is -0.361. The summed E-state index contributed by atoms with van der Waals surface area (Å²) >= 11 is 1.56. The molecule has 0 bridgehead atoms. The van der Waals surface area contributed by atoms with Crippen molar-refractivity contribution in [2.24, 2.45) is 0 Å². The molecule has 3 aromatic heterocycles. The number of thiophene rings is 1. The summed E-state index contributed by atoms with van der Waals surface area (Å²) in [6.45, 7) is 1.44. The number of nitrogens with zero attached hydrogens (tertiary/aromatic N) is 2. The molecule has 0 fully saturated rings. The van der Waals surface area contributed by atoms with Crippen LogP contribution >= 0.6 is 11.3 Å². The molecule has 0 aliphatic heterocycles. The number of nitrogens with one attached hydrogen (secondary N) is 3. The Labute approximate surface area is 154 Å². The average molecular weight is 366 g/mol. The van der Waals surface area contributed by atoms with E-state index in [1.165, 1.54) is 12.1 Å². The van der Waals surface area contributed by atoms with Crippen molar-refractivity contribution in [3.63, 3.8) is 0 Å². The maximum Gasteiger partial charge on any atom is 0.272 e. The maximum absolute atomic E-state index is 13.2. The van der Waals surface area contributed by atoms with Gasteiger partial charge in [0, 0.05) is 17.0 Å². The van der Waals surface area contributed by atoms with Gasteiger partial charge >= 0.3 is 0 Å². The van der Waals surface area contributed by atoms with Crippen molar-refractivity contribution >= 4 is 33.2 Å². The fourth-order valence-corrected chi connectivity index (χ4v) is 3.65. The summed E-state index contributed by atoms with van der Waals surface area (Å²) < 4.78 is 13.2. The number of halogens is 1. The van der Waals surface area contributed by atoms with Crippen LogP contribution in [-0.4, -0.2) is 23.1 Å². The zero-order valence-corrected chi connectivity index (χ0v) is 14.7. The van der Waals surface area contributed by atoms with Crippen LogP contribution in [0.25, 0.3) is 21.3 Å². The maximum atomic E-state index is 13.2. The first-order chi connectivity index (χ1) is 12.8. The van der Waals surface area contributed by atoms with Gasteiger partial charge in [-0.05, 0) is 23.8 Å². The molecule has 5 nitrogen and oxygen atoms in total. The second kappa shape index (κ2) is 7.45. The van der Waals surface area contributed by atoms with E-state index in [1.54, 1.807) is 29.8 Å². The van der Waals surface area contributed by atoms with Crippen LogP contribution in [0.4, 0.5) is 16.0 Å². The van der Waals surface area contributed by atoms with E-state index in [1.807, 2.05) is 29.8 Å². The highest BCUT2D eigenvalue weighted by Crippen LogP contribution is 2.36. The number of aromatic nitrogens is 3. The molecule has 26 heavy (non-hydrogen) atoms. The molecule has 3 N–H and O–H groups in total. The van der Waals surface area contributed by atoms with Crippen molar-refractivity contribution in [2.75, 3.05) is 23.7 Å². The largest absolute Gasteiger partial charge is 0.365 e. The normalized spacial score (nSPS) is 10.8. The van der Waals surface area contributed by atoms with E-state index in [0.717, 1.165) is 39.5 Å². The molecule has 1 aromatic carbocycles. The number of anilines is 2. The smallest absolute Gasteiger partial charge is 0.272 e. The van der Waals surface area contributed by atoms with E-state index in [-0.39, 0.29) is 5.82 Å². The number of fused-ring (bicyclic) bond motifs is 1. The molecule has 0 radical (unpaired) electrons. The summed E-state index contributed by atoms with van der Waals surface area (Å²) in [5, 5.41) is 9.68. The van der Waals surface area contributed by atoms with Crippen LogP contribution in [0.15, 0.2) is 60.4 Å². The first kappa shape index (κ1) is 16.4. The molecule has 0 unspecified atom stereocenters. The molecule has 0 aliphatic carbocycles. The highest BCUT2D eigenvalue weighted by atomic mass is 32.1. The molecule has 0 atom stereocenters. The number of aromatic amines is 1. The lowest BCUT2D eigenvalue weighted by Gasteiger charge is -2.07. The summed E-state index contributed by atoms with van der Waals surface area (Å²) in [6.07, 6.45) is 3.44. The Morgan fingerprint density at radius 3 is 2.65 bits per heavy atom. The zero-order valence-electron chi connectivity index (χ0n) is 13.9. The topological polar surface area (TPSA) is 64.0 Å². The molecule has 0 amide bonds. The summed E-state index contributed by atoms with van der Waals surface area (Å²) in [5.41, 5.74) is 1.96. The summed E-state index contributed by atoms with van der Waals surface area (Å²) in [5.74, 6) is 1.51. The second-order valence-electron chi connectivity index (χ2n) is 5.69. The standard InChI is InChI=1S/C19H16FN5S/c20-14-6-4-13(5-7-14)15-11-26-19-17(15)18(24-12-25-19)23-10-9-22-16-3-1-2-8-21-16/h1-8,11-12H,9-10H2,(H,21,22)(H,23,24,25)/p+1. The van der Waals surface area contributed by atoms with E-state index < -0.39 is 0 Å². The minimum absolute atomic E-state index is 0.244. The number of pyridine rings is 1. The van der Waals surface area contributed by atoms with Crippen molar-refractivity contribution < 1.29 is 9.37 Å². The summed E-state index contributed by atoms with van der Waals surface area (Å²) in [4.78, 5) is 12.8. The third-order valence-corrected chi connectivity index (χ3v) is 4.85. The van der Waals surface area contributed by atoms with E-state index in [4.69, 9.17) is 0 Å². The molecule has 0 spiro atoms. The van der Waals surface area contributed by atoms with Gasteiger partial charge in [0.1, 0.15) is 29.3 Å². The Kier molecular flexibility index (Phi) is 4.70. The lowest BCUT2D eigenvalue weighted by atomic mass is 10.1. The number of hydrogen-bond acceptors (Lipinski definition) is 5. The van der Waals surface area contributed by atoms with Gasteiger partial charge in [0.15, 0.2) is 0 Å². The molecule has 130 valence electrons. The third kappa shape index (κ3) is 3.48. The van der Waals surface area contributed by atoms with Gasteiger partial charge in [-0.15, -0.1) is 11.3 Å². The fraction of sp³-hybridized carbons (Fsp3) is 0.105. The highest BCUT2D eigenvalue weighted by molar-refractivity contribution is 7.17. The quantitative estimate of drug-likeness (QED) is 0.509. The first-order valence-corrected chi connectivity index (χ1v) is 9.12. The zero-order chi connectivity index (χ0) is 17.8. The Balaban J connectivity index is 1.53.